The Morgan fingerprint density at radius 2 is 2.22 bits per heavy atom. The molecule has 1 aromatic heterocycles. The first-order chi connectivity index (χ1) is 10.9. The molecular weight excluding hydrogens is 288 g/mol. The van der Waals surface area contributed by atoms with Crippen LogP contribution in [0.1, 0.15) is 56.9 Å². The van der Waals surface area contributed by atoms with Gasteiger partial charge in [-0.15, -0.1) is 0 Å². The highest BCUT2D eigenvalue weighted by Gasteiger charge is 2.55. The molecule has 3 atom stereocenters. The van der Waals surface area contributed by atoms with Crippen LogP contribution in [-0.2, 0) is 22.4 Å². The fraction of sp³-hybridized carbons (Fsp3) is 0.650. The number of rotatable bonds is 4. The Labute approximate surface area is 139 Å². The van der Waals surface area contributed by atoms with Gasteiger partial charge < -0.3 is 9.15 Å². The van der Waals surface area contributed by atoms with Gasteiger partial charge in [0.05, 0.1) is 6.26 Å². The number of fused-ring (bicyclic) bond motifs is 2. The Balaban J connectivity index is 2.04. The largest absolute Gasteiger partial charge is 0.468 e. The highest BCUT2D eigenvalue weighted by Crippen LogP contribution is 2.54. The minimum atomic E-state index is -0.677. The van der Waals surface area contributed by atoms with Crippen molar-refractivity contribution in [1.29, 1.82) is 0 Å². The van der Waals surface area contributed by atoms with Gasteiger partial charge in [-0.25, -0.2) is 0 Å². The predicted molar refractivity (Wildman–Crippen MR) is 90.5 cm³/mol. The van der Waals surface area contributed by atoms with Crippen molar-refractivity contribution in [3.63, 3.8) is 0 Å². The second-order valence-corrected chi connectivity index (χ2v) is 7.51. The highest BCUT2D eigenvalue weighted by molar-refractivity contribution is 5.88. The molecule has 126 valence electrons. The van der Waals surface area contributed by atoms with Crippen LogP contribution in [0, 0.1) is 18.3 Å². The van der Waals surface area contributed by atoms with Crippen molar-refractivity contribution in [3.05, 3.63) is 34.8 Å². The maximum Gasteiger partial charge on any atom is 0.165 e. The van der Waals surface area contributed by atoms with E-state index in [0.29, 0.717) is 12.8 Å². The average molecular weight is 316 g/mol. The quantitative estimate of drug-likeness (QED) is 0.772. The third-order valence-corrected chi connectivity index (χ3v) is 6.44. The first kappa shape index (κ1) is 16.5. The van der Waals surface area contributed by atoms with Crippen molar-refractivity contribution in [1.82, 2.24) is 0 Å². The summed E-state index contributed by atoms with van der Waals surface area (Å²) in [5.41, 5.74) is 3.24. The van der Waals surface area contributed by atoms with E-state index < -0.39 is 5.60 Å². The van der Waals surface area contributed by atoms with Crippen LogP contribution in [0.4, 0.5) is 0 Å². The molecule has 3 heteroatoms. The minimum Gasteiger partial charge on any atom is -0.468 e. The number of methoxy groups -OCH3 is 1. The zero-order valence-corrected chi connectivity index (χ0v) is 15.0. The van der Waals surface area contributed by atoms with E-state index in [9.17, 15) is 4.79 Å². The number of carbonyl (C=O) groups is 1. The van der Waals surface area contributed by atoms with Gasteiger partial charge in [-0.2, -0.15) is 0 Å². The molecule has 3 rings (SSSR count). The summed E-state index contributed by atoms with van der Waals surface area (Å²) in [5, 5.41) is 0. The lowest BCUT2D eigenvalue weighted by Gasteiger charge is -2.52. The number of Topliss-reactive ketones (excluding diaryl/α,β-unsaturated/α-hetero) is 1. The van der Waals surface area contributed by atoms with Gasteiger partial charge in [0, 0.05) is 32.3 Å². The summed E-state index contributed by atoms with van der Waals surface area (Å²) in [7, 11) is 1.70. The van der Waals surface area contributed by atoms with E-state index in [1.807, 2.05) is 6.26 Å². The Hall–Kier alpha value is -1.35. The topological polar surface area (TPSA) is 39.4 Å². The monoisotopic (exact) mass is 316 g/mol. The van der Waals surface area contributed by atoms with E-state index >= 15 is 0 Å². The molecule has 0 unspecified atom stereocenters. The van der Waals surface area contributed by atoms with Gasteiger partial charge in [0.25, 0.3) is 0 Å². The SMILES string of the molecule is CCCC(=O)[C@]1(OC)CC=C2Cc3occ(C)c3C[C@]2(C)[C@H]1C. The fourth-order valence-electron chi connectivity index (χ4n) is 4.63. The van der Waals surface area contributed by atoms with Crippen molar-refractivity contribution in [2.45, 2.75) is 65.4 Å². The number of aryl methyl sites for hydroxylation is 1. The molecule has 0 spiro atoms. The number of hydrogen-bond acceptors (Lipinski definition) is 3. The average Bonchev–Trinajstić information content (AvgIpc) is 2.88. The van der Waals surface area contributed by atoms with Gasteiger partial charge in [-0.05, 0) is 36.3 Å². The molecule has 1 heterocycles. The number of ether oxygens (including phenoxy) is 1. The minimum absolute atomic E-state index is 0.0424. The van der Waals surface area contributed by atoms with Crippen LogP contribution in [0.15, 0.2) is 22.3 Å². The zero-order chi connectivity index (χ0) is 16.8. The second-order valence-electron chi connectivity index (χ2n) is 7.51. The van der Waals surface area contributed by atoms with Crippen molar-refractivity contribution >= 4 is 5.78 Å². The third-order valence-electron chi connectivity index (χ3n) is 6.44. The lowest BCUT2D eigenvalue weighted by atomic mass is 9.54. The standard InChI is InChI=1S/C20H28O3/c1-6-7-18(21)20(22-5)9-8-15-10-17-16(13(2)12-23-17)11-19(15,4)14(20)3/h8,12,14H,6-7,9-11H2,1-5H3/t14-,19-,20+/m1/s1. The summed E-state index contributed by atoms with van der Waals surface area (Å²) in [6.45, 7) is 8.66. The van der Waals surface area contributed by atoms with Crippen molar-refractivity contribution in [2.24, 2.45) is 11.3 Å². The summed E-state index contributed by atoms with van der Waals surface area (Å²) in [4.78, 5) is 12.9. The number of hydrogen-bond donors (Lipinski definition) is 0. The molecule has 0 radical (unpaired) electrons. The summed E-state index contributed by atoms with van der Waals surface area (Å²) < 4.78 is 11.6. The fourth-order valence-corrected chi connectivity index (χ4v) is 4.63. The summed E-state index contributed by atoms with van der Waals surface area (Å²) >= 11 is 0. The van der Waals surface area contributed by atoms with Crippen LogP contribution in [-0.4, -0.2) is 18.5 Å². The van der Waals surface area contributed by atoms with E-state index in [2.05, 4.69) is 33.8 Å². The summed E-state index contributed by atoms with van der Waals surface area (Å²) in [5.74, 6) is 1.51. The first-order valence-corrected chi connectivity index (χ1v) is 8.73. The maximum absolute atomic E-state index is 12.9. The maximum atomic E-state index is 12.9. The van der Waals surface area contributed by atoms with Crippen LogP contribution in [0.5, 0.6) is 0 Å². The highest BCUT2D eigenvalue weighted by atomic mass is 16.5. The van der Waals surface area contributed by atoms with E-state index in [1.165, 1.54) is 16.7 Å². The molecule has 1 aromatic rings. The lowest BCUT2D eigenvalue weighted by Crippen LogP contribution is -2.56. The summed E-state index contributed by atoms with van der Waals surface area (Å²) in [6, 6.07) is 0. The van der Waals surface area contributed by atoms with E-state index in [0.717, 1.165) is 25.0 Å². The van der Waals surface area contributed by atoms with Crippen LogP contribution in [0.2, 0.25) is 0 Å². The number of allylic oxidation sites excluding steroid dienone is 1. The van der Waals surface area contributed by atoms with Gasteiger partial charge >= 0.3 is 0 Å². The van der Waals surface area contributed by atoms with Gasteiger partial charge in [0.15, 0.2) is 5.78 Å². The molecule has 0 aromatic carbocycles. The number of carbonyl (C=O) groups excluding carboxylic acids is 1. The Bertz CT molecular complexity index is 654. The van der Waals surface area contributed by atoms with Gasteiger partial charge in [-0.1, -0.05) is 32.4 Å². The Morgan fingerprint density at radius 3 is 2.87 bits per heavy atom. The van der Waals surface area contributed by atoms with E-state index in [4.69, 9.17) is 9.15 Å². The number of furan rings is 1. The smallest absolute Gasteiger partial charge is 0.165 e. The molecule has 2 aliphatic carbocycles. The van der Waals surface area contributed by atoms with Gasteiger partial charge in [0.1, 0.15) is 11.4 Å². The molecular formula is C20H28O3. The molecule has 0 fully saturated rings. The predicted octanol–water partition coefficient (Wildman–Crippen LogP) is 4.41. The summed E-state index contributed by atoms with van der Waals surface area (Å²) in [6.07, 6.45) is 8.06. The molecule has 23 heavy (non-hydrogen) atoms. The van der Waals surface area contributed by atoms with E-state index in [1.54, 1.807) is 7.11 Å². The van der Waals surface area contributed by atoms with Crippen LogP contribution >= 0.6 is 0 Å². The first-order valence-electron chi connectivity index (χ1n) is 8.73. The Kier molecular flexibility index (Phi) is 4.04. The molecule has 0 aliphatic heterocycles. The molecule has 0 amide bonds. The molecule has 0 saturated heterocycles. The van der Waals surface area contributed by atoms with Crippen LogP contribution < -0.4 is 0 Å². The van der Waals surface area contributed by atoms with Crippen molar-refractivity contribution < 1.29 is 13.9 Å². The van der Waals surface area contributed by atoms with Crippen molar-refractivity contribution in [3.8, 4) is 0 Å². The lowest BCUT2D eigenvalue weighted by molar-refractivity contribution is -0.155. The molecule has 3 nitrogen and oxygen atoms in total. The molecule has 2 aliphatic rings. The van der Waals surface area contributed by atoms with Crippen LogP contribution in [0.25, 0.3) is 0 Å². The van der Waals surface area contributed by atoms with Gasteiger partial charge in [-0.3, -0.25) is 4.79 Å². The van der Waals surface area contributed by atoms with Crippen LogP contribution in [0.3, 0.4) is 0 Å². The third kappa shape index (κ3) is 2.24. The van der Waals surface area contributed by atoms with E-state index in [-0.39, 0.29) is 17.1 Å². The van der Waals surface area contributed by atoms with Crippen molar-refractivity contribution in [2.75, 3.05) is 7.11 Å². The van der Waals surface area contributed by atoms with Gasteiger partial charge in [0.2, 0.25) is 0 Å². The Morgan fingerprint density at radius 1 is 1.48 bits per heavy atom. The normalized spacial score (nSPS) is 32.9. The second kappa shape index (κ2) is 5.62. The number of ketones is 1. The molecule has 0 saturated carbocycles. The molecule has 0 N–H and O–H groups in total. The molecule has 0 bridgehead atoms. The zero-order valence-electron chi connectivity index (χ0n) is 15.0.